The summed E-state index contributed by atoms with van der Waals surface area (Å²) >= 11 is 1.36. The maximum atomic E-state index is 12.4. The smallest absolute Gasteiger partial charge is 0.243 e. The van der Waals surface area contributed by atoms with Crippen LogP contribution in [0, 0.1) is 20.8 Å². The monoisotopic (exact) mass is 458 g/mol. The van der Waals surface area contributed by atoms with Gasteiger partial charge in [0.2, 0.25) is 17.8 Å². The summed E-state index contributed by atoms with van der Waals surface area (Å²) < 4.78 is 7.59. The van der Waals surface area contributed by atoms with Crippen molar-refractivity contribution in [2.24, 2.45) is 0 Å². The highest BCUT2D eigenvalue weighted by molar-refractivity contribution is 7.99. The third-order valence-corrected chi connectivity index (χ3v) is 6.52. The lowest BCUT2D eigenvalue weighted by molar-refractivity contribution is -0.122. The van der Waals surface area contributed by atoms with Crippen LogP contribution in [-0.4, -0.2) is 65.2 Å². The van der Waals surface area contributed by atoms with Crippen LogP contribution in [0.1, 0.15) is 35.6 Å². The van der Waals surface area contributed by atoms with Crippen molar-refractivity contribution in [3.63, 3.8) is 0 Å². The van der Waals surface area contributed by atoms with Crippen LogP contribution < -0.4 is 15.5 Å². The molecule has 1 saturated heterocycles. The molecule has 1 aromatic carbocycles. The third-order valence-electron chi connectivity index (χ3n) is 5.57. The number of thioether (sulfide) groups is 1. The molecule has 0 spiro atoms. The Kier molecular flexibility index (Phi) is 7.00. The average Bonchev–Trinajstić information content (AvgIpc) is 3.52. The molecular weight excluding hydrogens is 428 g/mol. The summed E-state index contributed by atoms with van der Waals surface area (Å²) in [6.07, 6.45) is 2.21. The lowest BCUT2D eigenvalue weighted by atomic mass is 10.1. The van der Waals surface area contributed by atoms with Crippen LogP contribution in [0.2, 0.25) is 0 Å². The van der Waals surface area contributed by atoms with E-state index in [-0.39, 0.29) is 24.1 Å². The SMILES string of the molecule is Cc1cc(C)c(NC(=O)CNC(=O)CSc2nnc(N3CCOCC3)n2C2CC2)c(C)c1. The molecule has 0 atom stereocenters. The number of hydrogen-bond acceptors (Lipinski definition) is 7. The van der Waals surface area contributed by atoms with Crippen molar-refractivity contribution in [1.29, 1.82) is 0 Å². The van der Waals surface area contributed by atoms with Crippen LogP contribution in [-0.2, 0) is 14.3 Å². The molecule has 1 aromatic heterocycles. The Morgan fingerprint density at radius 3 is 2.44 bits per heavy atom. The summed E-state index contributed by atoms with van der Waals surface area (Å²) in [5.41, 5.74) is 3.97. The maximum absolute atomic E-state index is 12.4. The van der Waals surface area contributed by atoms with Crippen LogP contribution in [0.3, 0.4) is 0 Å². The Labute approximate surface area is 192 Å². The Hall–Kier alpha value is -2.59. The van der Waals surface area contributed by atoms with Gasteiger partial charge in [0.15, 0.2) is 5.16 Å². The fourth-order valence-electron chi connectivity index (χ4n) is 3.92. The zero-order valence-corrected chi connectivity index (χ0v) is 19.6. The van der Waals surface area contributed by atoms with Gasteiger partial charge in [0.25, 0.3) is 0 Å². The van der Waals surface area contributed by atoms with Crippen LogP contribution in [0.15, 0.2) is 17.3 Å². The second kappa shape index (κ2) is 9.91. The lowest BCUT2D eigenvalue weighted by Crippen LogP contribution is -2.38. The van der Waals surface area contributed by atoms with Crippen molar-refractivity contribution in [2.75, 3.05) is 48.8 Å². The number of carbonyl (C=O) groups is 2. The zero-order chi connectivity index (χ0) is 22.7. The molecule has 2 aliphatic rings. The molecule has 2 fully saturated rings. The van der Waals surface area contributed by atoms with Gasteiger partial charge in [-0.1, -0.05) is 29.5 Å². The van der Waals surface area contributed by atoms with Gasteiger partial charge >= 0.3 is 0 Å². The maximum Gasteiger partial charge on any atom is 0.243 e. The van der Waals surface area contributed by atoms with Gasteiger partial charge in [0.1, 0.15) is 0 Å². The number of rotatable bonds is 8. The van der Waals surface area contributed by atoms with Crippen molar-refractivity contribution >= 4 is 35.2 Å². The molecule has 1 aliphatic carbocycles. The summed E-state index contributed by atoms with van der Waals surface area (Å²) in [7, 11) is 0. The molecule has 0 radical (unpaired) electrons. The van der Waals surface area contributed by atoms with E-state index >= 15 is 0 Å². The van der Waals surface area contributed by atoms with E-state index in [4.69, 9.17) is 4.74 Å². The minimum absolute atomic E-state index is 0.0690. The number of aryl methyl sites for hydroxylation is 3. The van der Waals surface area contributed by atoms with Crippen molar-refractivity contribution in [3.05, 3.63) is 28.8 Å². The molecule has 1 aliphatic heterocycles. The van der Waals surface area contributed by atoms with Gasteiger partial charge in [0, 0.05) is 24.8 Å². The van der Waals surface area contributed by atoms with E-state index in [0.29, 0.717) is 19.3 Å². The zero-order valence-electron chi connectivity index (χ0n) is 18.8. The summed E-state index contributed by atoms with van der Waals surface area (Å²) in [4.78, 5) is 26.9. The number of hydrogen-bond donors (Lipinski definition) is 2. The first-order chi connectivity index (χ1) is 15.4. The highest BCUT2D eigenvalue weighted by atomic mass is 32.2. The van der Waals surface area contributed by atoms with Crippen LogP contribution >= 0.6 is 11.8 Å². The summed E-state index contributed by atoms with van der Waals surface area (Å²) in [5.74, 6) is 0.598. The largest absolute Gasteiger partial charge is 0.378 e. The van der Waals surface area contributed by atoms with E-state index in [1.54, 1.807) is 0 Å². The van der Waals surface area contributed by atoms with Crippen molar-refractivity contribution in [1.82, 2.24) is 20.1 Å². The highest BCUT2D eigenvalue weighted by Gasteiger charge is 2.32. The van der Waals surface area contributed by atoms with Gasteiger partial charge in [-0.2, -0.15) is 0 Å². The number of aromatic nitrogens is 3. The van der Waals surface area contributed by atoms with Gasteiger partial charge in [-0.25, -0.2) is 0 Å². The molecule has 4 rings (SSSR count). The number of benzene rings is 1. The Balaban J connectivity index is 1.29. The first-order valence-electron chi connectivity index (χ1n) is 11.0. The van der Waals surface area contributed by atoms with Gasteiger partial charge in [-0.05, 0) is 44.7 Å². The molecule has 0 unspecified atom stereocenters. The van der Waals surface area contributed by atoms with Crippen LogP contribution in [0.25, 0.3) is 0 Å². The molecule has 0 bridgehead atoms. The van der Waals surface area contributed by atoms with Gasteiger partial charge < -0.3 is 20.3 Å². The summed E-state index contributed by atoms with van der Waals surface area (Å²) in [6.45, 7) is 8.85. The number of carbonyl (C=O) groups excluding carboxylic acids is 2. The highest BCUT2D eigenvalue weighted by Crippen LogP contribution is 2.41. The Morgan fingerprint density at radius 1 is 1.09 bits per heavy atom. The molecule has 10 heteroatoms. The average molecular weight is 459 g/mol. The molecule has 2 N–H and O–H groups in total. The quantitative estimate of drug-likeness (QED) is 0.585. The third kappa shape index (κ3) is 5.42. The molecule has 9 nitrogen and oxygen atoms in total. The Bertz CT molecular complexity index is 975. The standard InChI is InChI=1S/C22H30N6O3S/c1-14-10-15(2)20(16(3)11-14)24-18(29)12-23-19(30)13-32-22-26-25-21(28(22)17-4-5-17)27-6-8-31-9-7-27/h10-11,17H,4-9,12-13H2,1-3H3,(H,23,30)(H,24,29). The molecular formula is C22H30N6O3S. The number of morpholine rings is 1. The molecule has 1 saturated carbocycles. The van der Waals surface area contributed by atoms with E-state index < -0.39 is 0 Å². The van der Waals surface area contributed by atoms with Gasteiger partial charge in [-0.3, -0.25) is 14.2 Å². The summed E-state index contributed by atoms with van der Waals surface area (Å²) in [5, 5.41) is 15.1. The number of anilines is 2. The first-order valence-corrected chi connectivity index (χ1v) is 12.0. The van der Waals surface area contributed by atoms with Crippen LogP contribution in [0.5, 0.6) is 0 Å². The minimum Gasteiger partial charge on any atom is -0.378 e. The van der Waals surface area contributed by atoms with E-state index in [9.17, 15) is 9.59 Å². The van der Waals surface area contributed by atoms with Gasteiger partial charge in [0.05, 0.1) is 25.5 Å². The van der Waals surface area contributed by atoms with E-state index in [0.717, 1.165) is 59.4 Å². The lowest BCUT2D eigenvalue weighted by Gasteiger charge is -2.27. The molecule has 2 aromatic rings. The fourth-order valence-corrected chi connectivity index (χ4v) is 4.75. The second-order valence-corrected chi connectivity index (χ2v) is 9.31. The first kappa shape index (κ1) is 22.6. The van der Waals surface area contributed by atoms with E-state index in [1.165, 1.54) is 11.8 Å². The van der Waals surface area contributed by atoms with E-state index in [2.05, 4.69) is 30.3 Å². The molecule has 172 valence electrons. The van der Waals surface area contributed by atoms with E-state index in [1.807, 2.05) is 32.9 Å². The minimum atomic E-state index is -0.242. The van der Waals surface area contributed by atoms with Crippen molar-refractivity contribution in [2.45, 2.75) is 44.8 Å². The molecule has 32 heavy (non-hydrogen) atoms. The topological polar surface area (TPSA) is 101 Å². The van der Waals surface area contributed by atoms with Crippen molar-refractivity contribution in [3.8, 4) is 0 Å². The Morgan fingerprint density at radius 2 is 1.78 bits per heavy atom. The second-order valence-electron chi connectivity index (χ2n) is 8.37. The van der Waals surface area contributed by atoms with Gasteiger partial charge in [-0.15, -0.1) is 10.2 Å². The number of ether oxygens (including phenoxy) is 1. The predicted molar refractivity (Wildman–Crippen MR) is 124 cm³/mol. The number of nitrogens with one attached hydrogen (secondary N) is 2. The molecule has 2 amide bonds. The molecule has 2 heterocycles. The summed E-state index contributed by atoms with van der Waals surface area (Å²) in [6, 6.07) is 4.46. The number of amides is 2. The van der Waals surface area contributed by atoms with Crippen LogP contribution in [0.4, 0.5) is 11.6 Å². The predicted octanol–water partition coefficient (Wildman–Crippen LogP) is 2.22. The normalized spacial score (nSPS) is 16.2. The number of nitrogens with zero attached hydrogens (tertiary/aromatic N) is 4. The fraction of sp³-hybridized carbons (Fsp3) is 0.545. The van der Waals surface area contributed by atoms with Crippen molar-refractivity contribution < 1.29 is 14.3 Å².